The van der Waals surface area contributed by atoms with Crippen molar-refractivity contribution < 1.29 is 18.9 Å². The third-order valence-electron chi connectivity index (χ3n) is 3.63. The van der Waals surface area contributed by atoms with Gasteiger partial charge in [0.2, 0.25) is 0 Å². The van der Waals surface area contributed by atoms with Crippen LogP contribution in [0, 0.1) is 0 Å². The summed E-state index contributed by atoms with van der Waals surface area (Å²) in [6.45, 7) is 4.49. The molecule has 5 heteroatoms. The highest BCUT2D eigenvalue weighted by atomic mass is 31.2. The maximum absolute atomic E-state index is 10.3. The van der Waals surface area contributed by atoms with E-state index < -0.39 is 7.82 Å². The van der Waals surface area contributed by atoms with Crippen LogP contribution in [-0.4, -0.2) is 9.79 Å². The summed E-state index contributed by atoms with van der Waals surface area (Å²) in [6.07, 6.45) is 7.69. The van der Waals surface area contributed by atoms with Gasteiger partial charge < -0.3 is 4.52 Å². The molecule has 25 heavy (non-hydrogen) atoms. The first kappa shape index (κ1) is 21.4. The highest BCUT2D eigenvalue weighted by molar-refractivity contribution is 7.46. The van der Waals surface area contributed by atoms with Crippen LogP contribution in [0.5, 0.6) is 5.75 Å². The summed E-state index contributed by atoms with van der Waals surface area (Å²) in [6, 6.07) is 17.1. The molecule has 0 radical (unpaired) electrons. The van der Waals surface area contributed by atoms with Crippen molar-refractivity contribution in [3.8, 4) is 5.75 Å². The lowest BCUT2D eigenvalue weighted by Crippen LogP contribution is -1.88. The topological polar surface area (TPSA) is 66.8 Å². The predicted molar refractivity (Wildman–Crippen MR) is 103 cm³/mol. The van der Waals surface area contributed by atoms with Gasteiger partial charge in [-0.25, -0.2) is 4.57 Å². The molecule has 0 aromatic heterocycles. The van der Waals surface area contributed by atoms with E-state index in [9.17, 15) is 4.57 Å². The molecule has 0 fully saturated rings. The van der Waals surface area contributed by atoms with E-state index >= 15 is 0 Å². The molecule has 0 atom stereocenters. The molecule has 2 aromatic carbocycles. The molecule has 2 rings (SSSR count). The lowest BCUT2D eigenvalue weighted by Gasteiger charge is -2.04. The number of hydrogen-bond acceptors (Lipinski definition) is 2. The van der Waals surface area contributed by atoms with Crippen LogP contribution in [0.25, 0.3) is 0 Å². The van der Waals surface area contributed by atoms with E-state index in [1.54, 1.807) is 18.2 Å². The monoisotopic (exact) mass is 364 g/mol. The number of phosphoric acid groups is 1. The van der Waals surface area contributed by atoms with E-state index in [1.165, 1.54) is 61.8 Å². The summed E-state index contributed by atoms with van der Waals surface area (Å²) in [5.41, 5.74) is 2.99. The molecule has 138 valence electrons. The fourth-order valence-corrected chi connectivity index (χ4v) is 2.65. The number of benzene rings is 2. The highest BCUT2D eigenvalue weighted by Crippen LogP contribution is 2.36. The third kappa shape index (κ3) is 10.8. The Hall–Kier alpha value is -1.61. The van der Waals surface area contributed by atoms with Gasteiger partial charge in [0.05, 0.1) is 0 Å². The Balaban J connectivity index is 0.000000257. The predicted octanol–water partition coefficient (Wildman–Crippen LogP) is 5.53. The summed E-state index contributed by atoms with van der Waals surface area (Å²) in [4.78, 5) is 16.7. The van der Waals surface area contributed by atoms with Crippen LogP contribution in [0.2, 0.25) is 0 Å². The summed E-state index contributed by atoms with van der Waals surface area (Å²) >= 11 is 0. The Bertz CT molecular complexity index is 593. The molecular weight excluding hydrogens is 335 g/mol. The van der Waals surface area contributed by atoms with Crippen LogP contribution in [0.4, 0.5) is 0 Å². The summed E-state index contributed by atoms with van der Waals surface area (Å²) in [7, 11) is -4.39. The zero-order valence-electron chi connectivity index (χ0n) is 15.1. The van der Waals surface area contributed by atoms with Crippen molar-refractivity contribution >= 4 is 7.82 Å². The number of hydrogen-bond donors (Lipinski definition) is 2. The first-order valence-corrected chi connectivity index (χ1v) is 10.4. The fourth-order valence-electron chi connectivity index (χ4n) is 2.25. The lowest BCUT2D eigenvalue weighted by molar-refractivity contribution is 0.283. The highest BCUT2D eigenvalue weighted by Gasteiger charge is 2.14. The standard InChI is InChI=1S/C14H22.C6H7O4P/c1-3-5-7-13-9-11-14(12-10-13)8-6-4-2;7-11(8,9)10-6-4-2-1-3-5-6/h9-12H,3-8H2,1-2H3;1-5H,(H2,7,8,9). The number of phosphoric ester groups is 1. The van der Waals surface area contributed by atoms with Gasteiger partial charge in [-0.05, 0) is 48.9 Å². The molecule has 0 bridgehead atoms. The lowest BCUT2D eigenvalue weighted by atomic mass is 10.0. The quantitative estimate of drug-likeness (QED) is 0.604. The average Bonchev–Trinajstić information content (AvgIpc) is 2.59. The van der Waals surface area contributed by atoms with Crippen molar-refractivity contribution in [2.45, 2.75) is 52.4 Å². The molecule has 0 unspecified atom stereocenters. The Labute approximate surface area is 151 Å². The molecule has 0 aliphatic carbocycles. The van der Waals surface area contributed by atoms with Gasteiger partial charge in [0.15, 0.2) is 0 Å². The summed E-state index contributed by atoms with van der Waals surface area (Å²) in [5, 5.41) is 0. The molecule has 0 saturated heterocycles. The Morgan fingerprint density at radius 1 is 0.800 bits per heavy atom. The summed E-state index contributed by atoms with van der Waals surface area (Å²) in [5.74, 6) is 0.167. The second-order valence-corrected chi connectivity index (χ2v) is 7.08. The van der Waals surface area contributed by atoms with Gasteiger partial charge in [-0.1, -0.05) is 69.2 Å². The van der Waals surface area contributed by atoms with Gasteiger partial charge in [-0.2, -0.15) is 0 Å². The van der Waals surface area contributed by atoms with Gasteiger partial charge in [0.1, 0.15) is 5.75 Å². The van der Waals surface area contributed by atoms with Crippen molar-refractivity contribution in [3.05, 3.63) is 65.7 Å². The van der Waals surface area contributed by atoms with Crippen LogP contribution in [-0.2, 0) is 17.4 Å². The molecule has 0 aliphatic rings. The van der Waals surface area contributed by atoms with Crippen LogP contribution in [0.15, 0.2) is 54.6 Å². The van der Waals surface area contributed by atoms with Gasteiger partial charge in [-0.15, -0.1) is 0 Å². The Morgan fingerprint density at radius 3 is 1.60 bits per heavy atom. The Morgan fingerprint density at radius 2 is 1.24 bits per heavy atom. The minimum atomic E-state index is -4.39. The minimum Gasteiger partial charge on any atom is -0.404 e. The van der Waals surface area contributed by atoms with E-state index in [0.29, 0.717) is 0 Å². The van der Waals surface area contributed by atoms with E-state index in [2.05, 4.69) is 42.6 Å². The first-order valence-electron chi connectivity index (χ1n) is 8.82. The van der Waals surface area contributed by atoms with E-state index in [0.717, 1.165) is 0 Å². The zero-order chi connectivity index (χ0) is 18.5. The van der Waals surface area contributed by atoms with E-state index in [4.69, 9.17) is 9.79 Å². The van der Waals surface area contributed by atoms with Crippen molar-refractivity contribution in [2.75, 3.05) is 0 Å². The van der Waals surface area contributed by atoms with Crippen LogP contribution in [0.1, 0.15) is 50.7 Å². The van der Waals surface area contributed by atoms with Crippen molar-refractivity contribution in [1.82, 2.24) is 0 Å². The first-order chi connectivity index (χ1) is 11.9. The van der Waals surface area contributed by atoms with E-state index in [-0.39, 0.29) is 5.75 Å². The number of rotatable bonds is 8. The van der Waals surface area contributed by atoms with Crippen molar-refractivity contribution in [1.29, 1.82) is 0 Å². The third-order valence-corrected chi connectivity index (χ3v) is 4.08. The molecule has 0 heterocycles. The molecule has 0 aliphatic heterocycles. The molecule has 0 amide bonds. The molecule has 4 nitrogen and oxygen atoms in total. The number of aryl methyl sites for hydroxylation is 2. The normalized spacial score (nSPS) is 10.7. The smallest absolute Gasteiger partial charge is 0.404 e. The second-order valence-electron chi connectivity index (χ2n) is 5.92. The molecule has 2 aromatic rings. The van der Waals surface area contributed by atoms with Crippen LogP contribution >= 0.6 is 7.82 Å². The number of unbranched alkanes of at least 4 members (excludes halogenated alkanes) is 2. The zero-order valence-corrected chi connectivity index (χ0v) is 16.0. The molecule has 0 spiro atoms. The van der Waals surface area contributed by atoms with Crippen LogP contribution in [0.3, 0.4) is 0 Å². The minimum absolute atomic E-state index is 0.167. The molecule has 2 N–H and O–H groups in total. The maximum Gasteiger partial charge on any atom is 0.524 e. The van der Waals surface area contributed by atoms with E-state index in [1.807, 2.05) is 0 Å². The van der Waals surface area contributed by atoms with Crippen molar-refractivity contribution in [3.63, 3.8) is 0 Å². The summed E-state index contributed by atoms with van der Waals surface area (Å²) < 4.78 is 14.5. The van der Waals surface area contributed by atoms with Gasteiger partial charge in [0.25, 0.3) is 0 Å². The van der Waals surface area contributed by atoms with Gasteiger partial charge >= 0.3 is 7.82 Å². The largest absolute Gasteiger partial charge is 0.524 e. The molecular formula is C20H29O4P. The maximum atomic E-state index is 10.3. The SMILES string of the molecule is CCCCc1ccc(CCCC)cc1.O=P(O)(O)Oc1ccccc1. The van der Waals surface area contributed by atoms with Crippen molar-refractivity contribution in [2.24, 2.45) is 0 Å². The molecule has 0 saturated carbocycles. The Kier molecular flexibility index (Phi) is 10.2. The van der Waals surface area contributed by atoms with Gasteiger partial charge in [0, 0.05) is 0 Å². The average molecular weight is 364 g/mol. The number of para-hydroxylation sites is 1. The fraction of sp³-hybridized carbons (Fsp3) is 0.400. The van der Waals surface area contributed by atoms with Gasteiger partial charge in [-0.3, -0.25) is 9.79 Å². The second kappa shape index (κ2) is 11.9. The van der Waals surface area contributed by atoms with Crippen LogP contribution < -0.4 is 4.52 Å².